The number of benzene rings is 3. The Morgan fingerprint density at radius 3 is 2.78 bits per heavy atom. The molecule has 0 amide bonds. The van der Waals surface area contributed by atoms with E-state index in [1.807, 2.05) is 30.3 Å². The van der Waals surface area contributed by atoms with Gasteiger partial charge < -0.3 is 9.84 Å². The van der Waals surface area contributed by atoms with Crippen molar-refractivity contribution >= 4 is 50.6 Å². The molecule has 0 bridgehead atoms. The van der Waals surface area contributed by atoms with Crippen molar-refractivity contribution in [2.24, 2.45) is 4.99 Å². The molecule has 5 nitrogen and oxygen atoms in total. The van der Waals surface area contributed by atoms with Crippen molar-refractivity contribution < 1.29 is 9.84 Å². The number of allylic oxidation sites excluding steroid dienone is 1. The minimum absolute atomic E-state index is 0.0693. The van der Waals surface area contributed by atoms with Gasteiger partial charge in [0.05, 0.1) is 28.4 Å². The molecule has 1 atom stereocenters. The van der Waals surface area contributed by atoms with Crippen LogP contribution < -0.4 is 19.6 Å². The molecule has 6 rings (SSSR count). The summed E-state index contributed by atoms with van der Waals surface area (Å²) in [6.45, 7) is 0. The zero-order valence-electron chi connectivity index (χ0n) is 19.2. The van der Waals surface area contributed by atoms with Gasteiger partial charge in [0.25, 0.3) is 5.56 Å². The summed E-state index contributed by atoms with van der Waals surface area (Å²) in [6, 6.07) is 19.1. The summed E-state index contributed by atoms with van der Waals surface area (Å²) in [4.78, 5) is 19.5. The van der Waals surface area contributed by atoms with E-state index in [4.69, 9.17) is 21.3 Å². The Labute approximate surface area is 224 Å². The summed E-state index contributed by atoms with van der Waals surface area (Å²) >= 11 is 10.9. The van der Waals surface area contributed by atoms with Gasteiger partial charge >= 0.3 is 0 Å². The molecule has 2 heterocycles. The second kappa shape index (κ2) is 9.07. The highest BCUT2D eigenvalue weighted by molar-refractivity contribution is 9.10. The molecule has 4 aromatic rings. The summed E-state index contributed by atoms with van der Waals surface area (Å²) < 4.78 is 8.66. The van der Waals surface area contributed by atoms with Gasteiger partial charge in [0, 0.05) is 21.2 Å². The number of methoxy groups -OCH3 is 1. The van der Waals surface area contributed by atoms with E-state index in [9.17, 15) is 9.90 Å². The highest BCUT2D eigenvalue weighted by Crippen LogP contribution is 2.43. The maximum Gasteiger partial charge on any atom is 0.271 e. The van der Waals surface area contributed by atoms with E-state index in [1.54, 1.807) is 29.9 Å². The molecule has 3 aromatic carbocycles. The van der Waals surface area contributed by atoms with Gasteiger partial charge in [-0.25, -0.2) is 4.99 Å². The highest BCUT2D eigenvalue weighted by Gasteiger charge is 2.34. The normalized spacial score (nSPS) is 16.8. The van der Waals surface area contributed by atoms with Crippen molar-refractivity contribution in [2.75, 3.05) is 7.11 Å². The highest BCUT2D eigenvalue weighted by atomic mass is 79.9. The molecule has 0 saturated heterocycles. The van der Waals surface area contributed by atoms with Gasteiger partial charge in [-0.15, -0.1) is 0 Å². The van der Waals surface area contributed by atoms with Crippen LogP contribution in [0.25, 0.3) is 11.8 Å². The SMILES string of the molecule is COc1ccccc1[C@H]1C2=C(N=c3s/c(=C/c4cc(Br)cc(Cl)c4O)c(=O)n31)c1ccccc1CC2. The molecular formula is C28H20BrClN2O3S. The molecule has 0 fully saturated rings. The Hall–Kier alpha value is -3.13. The predicted octanol–water partition coefficient (Wildman–Crippen LogP) is 5.45. The second-order valence-electron chi connectivity index (χ2n) is 8.68. The van der Waals surface area contributed by atoms with E-state index in [-0.39, 0.29) is 22.4 Å². The number of fused-ring (bicyclic) bond motifs is 3. The fourth-order valence-corrected chi connectivity index (χ4v) is 6.85. The van der Waals surface area contributed by atoms with E-state index < -0.39 is 0 Å². The monoisotopic (exact) mass is 578 g/mol. The molecule has 180 valence electrons. The van der Waals surface area contributed by atoms with Crippen molar-refractivity contribution in [3.8, 4) is 11.5 Å². The lowest BCUT2D eigenvalue weighted by Gasteiger charge is -2.31. The van der Waals surface area contributed by atoms with Crippen molar-refractivity contribution in [3.05, 3.63) is 118 Å². The number of thiazole rings is 1. The zero-order valence-corrected chi connectivity index (χ0v) is 22.3. The minimum atomic E-state index is -0.345. The van der Waals surface area contributed by atoms with Crippen molar-refractivity contribution in [2.45, 2.75) is 18.9 Å². The van der Waals surface area contributed by atoms with Crippen LogP contribution in [-0.4, -0.2) is 16.8 Å². The number of rotatable bonds is 3. The number of para-hydroxylation sites is 1. The summed E-state index contributed by atoms with van der Waals surface area (Å²) in [5.74, 6) is 0.654. The third-order valence-electron chi connectivity index (χ3n) is 6.65. The molecule has 0 unspecified atom stereocenters. The lowest BCUT2D eigenvalue weighted by molar-refractivity contribution is 0.402. The first kappa shape index (κ1) is 23.3. The van der Waals surface area contributed by atoms with Gasteiger partial charge in [0.15, 0.2) is 4.80 Å². The molecule has 1 aromatic heterocycles. The number of hydrogen-bond acceptors (Lipinski definition) is 5. The van der Waals surface area contributed by atoms with E-state index in [1.165, 1.54) is 16.9 Å². The summed E-state index contributed by atoms with van der Waals surface area (Å²) in [6.07, 6.45) is 3.35. The Balaban J connectivity index is 1.66. The van der Waals surface area contributed by atoms with Crippen LogP contribution in [0.15, 0.2) is 80.5 Å². The van der Waals surface area contributed by atoms with E-state index in [0.29, 0.717) is 19.4 Å². The number of phenols is 1. The summed E-state index contributed by atoms with van der Waals surface area (Å²) in [5.41, 5.74) is 5.60. The molecule has 1 N–H and O–H groups in total. The molecule has 0 saturated carbocycles. The smallest absolute Gasteiger partial charge is 0.271 e. The van der Waals surface area contributed by atoms with Crippen LogP contribution in [-0.2, 0) is 6.42 Å². The fraction of sp³-hybridized carbons (Fsp3) is 0.143. The first-order valence-corrected chi connectivity index (χ1v) is 13.4. The molecule has 1 aliphatic heterocycles. The average Bonchev–Trinajstić information content (AvgIpc) is 3.20. The lowest BCUT2D eigenvalue weighted by atomic mass is 9.83. The third-order valence-corrected chi connectivity index (χ3v) is 8.38. The van der Waals surface area contributed by atoms with E-state index >= 15 is 0 Å². The summed E-state index contributed by atoms with van der Waals surface area (Å²) in [5, 5.41) is 10.7. The molecule has 0 spiro atoms. The van der Waals surface area contributed by atoms with Crippen molar-refractivity contribution in [1.29, 1.82) is 0 Å². The quantitative estimate of drug-likeness (QED) is 0.351. The standard InChI is InChI=1S/C28H20BrClN2O3S/c1-35-22-9-5-4-8-19(22)25-20-11-10-15-6-2-3-7-18(15)24(20)31-28-32(25)27(34)23(36-28)13-16-12-17(29)14-21(30)26(16)33/h2-9,12-14,25,33H,10-11H2,1H3/b23-13+/t25-/m0/s1. The Kier molecular flexibility index (Phi) is 5.86. The van der Waals surface area contributed by atoms with Crippen LogP contribution in [0.5, 0.6) is 11.5 Å². The van der Waals surface area contributed by atoms with Gasteiger partial charge in [0.2, 0.25) is 0 Å². The van der Waals surface area contributed by atoms with E-state index in [2.05, 4.69) is 34.1 Å². The molecular weight excluding hydrogens is 560 g/mol. The topological polar surface area (TPSA) is 63.8 Å². The van der Waals surface area contributed by atoms with E-state index in [0.717, 1.165) is 41.0 Å². The number of aromatic nitrogens is 1. The number of hydrogen-bond donors (Lipinski definition) is 1. The van der Waals surface area contributed by atoms with Crippen LogP contribution >= 0.6 is 38.9 Å². The number of halogens is 2. The van der Waals surface area contributed by atoms with Gasteiger partial charge in [-0.2, -0.15) is 0 Å². The van der Waals surface area contributed by atoms with Gasteiger partial charge in [0.1, 0.15) is 11.5 Å². The molecule has 2 aliphatic rings. The van der Waals surface area contributed by atoms with Gasteiger partial charge in [-0.1, -0.05) is 81.3 Å². The fourth-order valence-electron chi connectivity index (χ4n) is 5.03. The lowest BCUT2D eigenvalue weighted by Crippen LogP contribution is -2.39. The number of aryl methyl sites for hydroxylation is 1. The maximum absolute atomic E-state index is 13.9. The number of ether oxygens (including phenoxy) is 1. The summed E-state index contributed by atoms with van der Waals surface area (Å²) in [7, 11) is 1.65. The van der Waals surface area contributed by atoms with Crippen molar-refractivity contribution in [1.82, 2.24) is 4.57 Å². The molecule has 8 heteroatoms. The van der Waals surface area contributed by atoms with Gasteiger partial charge in [-0.3, -0.25) is 9.36 Å². The molecule has 1 aliphatic carbocycles. The largest absolute Gasteiger partial charge is 0.506 e. The Morgan fingerprint density at radius 2 is 1.94 bits per heavy atom. The zero-order chi connectivity index (χ0) is 25.0. The Bertz CT molecular complexity index is 1760. The van der Waals surface area contributed by atoms with Crippen LogP contribution in [0.2, 0.25) is 5.02 Å². The first-order valence-electron chi connectivity index (χ1n) is 11.4. The van der Waals surface area contributed by atoms with Gasteiger partial charge in [-0.05, 0) is 48.3 Å². The van der Waals surface area contributed by atoms with Crippen LogP contribution in [0.1, 0.15) is 34.7 Å². The average molecular weight is 580 g/mol. The maximum atomic E-state index is 13.9. The Morgan fingerprint density at radius 1 is 1.17 bits per heavy atom. The molecule has 36 heavy (non-hydrogen) atoms. The number of phenolic OH excluding ortho intramolecular Hbond substituents is 1. The van der Waals surface area contributed by atoms with Crippen LogP contribution in [0.3, 0.4) is 0 Å². The van der Waals surface area contributed by atoms with Crippen molar-refractivity contribution in [3.63, 3.8) is 0 Å². The minimum Gasteiger partial charge on any atom is -0.506 e. The molecule has 0 radical (unpaired) electrons. The van der Waals surface area contributed by atoms with Crippen LogP contribution in [0, 0.1) is 0 Å². The van der Waals surface area contributed by atoms with Crippen LogP contribution in [0.4, 0.5) is 0 Å². The third kappa shape index (κ3) is 3.74. The first-order chi connectivity index (χ1) is 17.5. The number of nitrogens with zero attached hydrogens (tertiary/aromatic N) is 2. The second-order valence-corrected chi connectivity index (χ2v) is 11.0. The number of aromatic hydroxyl groups is 1. The predicted molar refractivity (Wildman–Crippen MR) is 147 cm³/mol.